The molecule has 1 fully saturated rings. The lowest BCUT2D eigenvalue weighted by Crippen LogP contribution is -2.42. The Bertz CT molecular complexity index is 884. The van der Waals surface area contributed by atoms with Crippen molar-refractivity contribution >= 4 is 28.2 Å². The predicted molar refractivity (Wildman–Crippen MR) is 113 cm³/mol. The van der Waals surface area contributed by atoms with Crippen LogP contribution in [0.2, 0.25) is 0 Å². The number of rotatable bonds is 5. The van der Waals surface area contributed by atoms with Gasteiger partial charge in [-0.3, -0.25) is 9.59 Å². The SMILES string of the molecule is CC1(CNC(=O)c2ccsc2NC(=O)c2ccc3c(c2)CCC3)CCNCC1. The van der Waals surface area contributed by atoms with Crippen molar-refractivity contribution in [2.75, 3.05) is 25.0 Å². The number of thiophene rings is 1. The molecule has 0 spiro atoms. The molecule has 0 saturated carbocycles. The minimum Gasteiger partial charge on any atom is -0.351 e. The molecular formula is C22H27N3O2S. The molecule has 6 heteroatoms. The summed E-state index contributed by atoms with van der Waals surface area (Å²) in [6.45, 7) is 4.86. The Labute approximate surface area is 169 Å². The van der Waals surface area contributed by atoms with E-state index < -0.39 is 0 Å². The van der Waals surface area contributed by atoms with Crippen molar-refractivity contribution in [1.82, 2.24) is 10.6 Å². The number of hydrogen-bond donors (Lipinski definition) is 3. The van der Waals surface area contributed by atoms with E-state index in [2.05, 4.69) is 28.9 Å². The summed E-state index contributed by atoms with van der Waals surface area (Å²) >= 11 is 1.38. The molecule has 5 nitrogen and oxygen atoms in total. The monoisotopic (exact) mass is 397 g/mol. The lowest BCUT2D eigenvalue weighted by molar-refractivity contribution is 0.0923. The lowest BCUT2D eigenvalue weighted by atomic mass is 9.81. The van der Waals surface area contributed by atoms with Crippen LogP contribution in [0.5, 0.6) is 0 Å². The molecule has 4 rings (SSSR count). The van der Waals surface area contributed by atoms with Crippen molar-refractivity contribution in [1.29, 1.82) is 0 Å². The maximum atomic E-state index is 12.7. The summed E-state index contributed by atoms with van der Waals surface area (Å²) in [6, 6.07) is 7.70. The van der Waals surface area contributed by atoms with Gasteiger partial charge in [0.1, 0.15) is 5.00 Å². The Kier molecular flexibility index (Phi) is 5.51. The molecule has 3 N–H and O–H groups in total. The van der Waals surface area contributed by atoms with Gasteiger partial charge in [0.2, 0.25) is 0 Å². The number of carbonyl (C=O) groups is 2. The topological polar surface area (TPSA) is 70.2 Å². The molecular weight excluding hydrogens is 370 g/mol. The van der Waals surface area contributed by atoms with Crippen LogP contribution in [0, 0.1) is 5.41 Å². The first-order valence-corrected chi connectivity index (χ1v) is 10.9. The number of amides is 2. The third-order valence-electron chi connectivity index (χ3n) is 5.98. The van der Waals surface area contributed by atoms with Gasteiger partial charge in [0.15, 0.2) is 0 Å². The van der Waals surface area contributed by atoms with Crippen LogP contribution in [0.3, 0.4) is 0 Å². The Morgan fingerprint density at radius 1 is 1.11 bits per heavy atom. The second kappa shape index (κ2) is 8.05. The Hall–Kier alpha value is -2.18. The molecule has 1 aliphatic heterocycles. The molecule has 2 amide bonds. The third kappa shape index (κ3) is 4.13. The molecule has 2 heterocycles. The normalized spacial score (nSPS) is 17.8. The lowest BCUT2D eigenvalue weighted by Gasteiger charge is -2.34. The van der Waals surface area contributed by atoms with Crippen molar-refractivity contribution in [2.24, 2.45) is 5.41 Å². The van der Waals surface area contributed by atoms with Gasteiger partial charge in [-0.15, -0.1) is 11.3 Å². The number of aryl methyl sites for hydroxylation is 2. The average Bonchev–Trinajstić information content (AvgIpc) is 3.35. The second-order valence-electron chi connectivity index (χ2n) is 8.20. The summed E-state index contributed by atoms with van der Waals surface area (Å²) < 4.78 is 0. The molecule has 2 aliphatic rings. The summed E-state index contributed by atoms with van der Waals surface area (Å²) in [6.07, 6.45) is 5.40. The number of hydrogen-bond acceptors (Lipinski definition) is 4. The van der Waals surface area contributed by atoms with E-state index in [4.69, 9.17) is 0 Å². The molecule has 0 atom stereocenters. The highest BCUT2D eigenvalue weighted by Gasteiger charge is 2.27. The largest absolute Gasteiger partial charge is 0.351 e. The van der Waals surface area contributed by atoms with Crippen molar-refractivity contribution in [3.05, 3.63) is 51.9 Å². The maximum Gasteiger partial charge on any atom is 0.256 e. The van der Waals surface area contributed by atoms with Crippen LogP contribution in [0.25, 0.3) is 0 Å². The molecule has 2 aromatic rings. The Balaban J connectivity index is 1.40. The van der Waals surface area contributed by atoms with Crippen LogP contribution < -0.4 is 16.0 Å². The Morgan fingerprint density at radius 2 is 1.89 bits per heavy atom. The predicted octanol–water partition coefficient (Wildman–Crippen LogP) is 3.61. The number of fused-ring (bicyclic) bond motifs is 1. The fourth-order valence-electron chi connectivity index (χ4n) is 4.07. The van der Waals surface area contributed by atoms with Crippen LogP contribution in [-0.4, -0.2) is 31.4 Å². The molecule has 1 aromatic carbocycles. The van der Waals surface area contributed by atoms with Crippen LogP contribution in [-0.2, 0) is 12.8 Å². The minimum absolute atomic E-state index is 0.120. The van der Waals surface area contributed by atoms with E-state index in [1.165, 1.54) is 22.5 Å². The Morgan fingerprint density at radius 3 is 2.71 bits per heavy atom. The van der Waals surface area contributed by atoms with E-state index in [1.807, 2.05) is 17.5 Å². The summed E-state index contributed by atoms with van der Waals surface area (Å²) in [7, 11) is 0. The summed E-state index contributed by atoms with van der Waals surface area (Å²) in [5.74, 6) is -0.276. The van der Waals surface area contributed by atoms with E-state index >= 15 is 0 Å². The second-order valence-corrected chi connectivity index (χ2v) is 9.11. The third-order valence-corrected chi connectivity index (χ3v) is 6.81. The standard InChI is InChI=1S/C22H27N3O2S/c1-22(8-10-23-11-9-22)14-24-20(27)18-7-12-28-21(18)25-19(26)17-6-5-15-3-2-4-16(15)13-17/h5-7,12-13,23H,2-4,8-11,14H2,1H3,(H,24,27)(H,25,26). The average molecular weight is 398 g/mol. The van der Waals surface area contributed by atoms with E-state index in [-0.39, 0.29) is 17.2 Å². The highest BCUT2D eigenvalue weighted by molar-refractivity contribution is 7.14. The van der Waals surface area contributed by atoms with E-state index in [9.17, 15) is 9.59 Å². The van der Waals surface area contributed by atoms with Gasteiger partial charge in [0.05, 0.1) is 5.56 Å². The van der Waals surface area contributed by atoms with Crippen molar-refractivity contribution in [3.8, 4) is 0 Å². The van der Waals surface area contributed by atoms with E-state index in [0.717, 1.165) is 45.2 Å². The van der Waals surface area contributed by atoms with Crippen molar-refractivity contribution in [2.45, 2.75) is 39.0 Å². The first-order chi connectivity index (χ1) is 13.5. The molecule has 28 heavy (non-hydrogen) atoms. The molecule has 1 saturated heterocycles. The van der Waals surface area contributed by atoms with Crippen molar-refractivity contribution < 1.29 is 9.59 Å². The quantitative estimate of drug-likeness (QED) is 0.722. The van der Waals surface area contributed by atoms with Gasteiger partial charge in [0.25, 0.3) is 11.8 Å². The fourth-order valence-corrected chi connectivity index (χ4v) is 4.85. The van der Waals surface area contributed by atoms with Gasteiger partial charge in [-0.25, -0.2) is 0 Å². The van der Waals surface area contributed by atoms with Gasteiger partial charge in [-0.05, 0) is 85.3 Å². The zero-order valence-corrected chi connectivity index (χ0v) is 17.1. The van der Waals surface area contributed by atoms with Crippen LogP contribution in [0.4, 0.5) is 5.00 Å². The van der Waals surface area contributed by atoms with Gasteiger partial charge < -0.3 is 16.0 Å². The fraction of sp³-hybridized carbons (Fsp3) is 0.455. The van der Waals surface area contributed by atoms with Gasteiger partial charge in [-0.2, -0.15) is 0 Å². The molecule has 148 valence electrons. The first-order valence-electron chi connectivity index (χ1n) is 10.0. The number of benzene rings is 1. The number of nitrogens with one attached hydrogen (secondary N) is 3. The molecule has 0 unspecified atom stereocenters. The van der Waals surface area contributed by atoms with Crippen LogP contribution in [0.15, 0.2) is 29.6 Å². The molecule has 1 aromatic heterocycles. The summed E-state index contributed by atoms with van der Waals surface area (Å²) in [4.78, 5) is 25.4. The molecule has 1 aliphatic carbocycles. The highest BCUT2D eigenvalue weighted by atomic mass is 32.1. The van der Waals surface area contributed by atoms with Crippen LogP contribution >= 0.6 is 11.3 Å². The van der Waals surface area contributed by atoms with Gasteiger partial charge in [-0.1, -0.05) is 13.0 Å². The highest BCUT2D eigenvalue weighted by Crippen LogP contribution is 2.29. The minimum atomic E-state index is -0.156. The number of carbonyl (C=O) groups excluding carboxylic acids is 2. The van der Waals surface area contributed by atoms with E-state index in [0.29, 0.717) is 22.7 Å². The van der Waals surface area contributed by atoms with Crippen molar-refractivity contribution in [3.63, 3.8) is 0 Å². The zero-order valence-electron chi connectivity index (χ0n) is 16.3. The van der Waals surface area contributed by atoms with Gasteiger partial charge in [0, 0.05) is 12.1 Å². The first kappa shape index (κ1) is 19.2. The smallest absolute Gasteiger partial charge is 0.256 e. The van der Waals surface area contributed by atoms with Crippen LogP contribution in [0.1, 0.15) is 58.0 Å². The van der Waals surface area contributed by atoms with E-state index in [1.54, 1.807) is 6.07 Å². The summed E-state index contributed by atoms with van der Waals surface area (Å²) in [5.41, 5.74) is 3.94. The van der Waals surface area contributed by atoms with Gasteiger partial charge >= 0.3 is 0 Å². The maximum absolute atomic E-state index is 12.7. The number of anilines is 1. The molecule has 0 bridgehead atoms. The summed E-state index contributed by atoms with van der Waals surface area (Å²) in [5, 5.41) is 11.8. The number of piperidine rings is 1. The molecule has 0 radical (unpaired) electrons. The zero-order chi connectivity index (χ0) is 19.6.